The molecule has 0 spiro atoms. The number of fused-ring (bicyclic) bond motifs is 1. The van der Waals surface area contributed by atoms with Crippen LogP contribution in [0.15, 0.2) is 23.0 Å². The number of nitrogens with zero attached hydrogens (tertiary/aromatic N) is 3. The Morgan fingerprint density at radius 1 is 1.30 bits per heavy atom. The zero-order valence-electron chi connectivity index (χ0n) is 16.0. The summed E-state index contributed by atoms with van der Waals surface area (Å²) in [4.78, 5) is 42.9. The van der Waals surface area contributed by atoms with Gasteiger partial charge in [0.2, 0.25) is 0 Å². The normalized spacial score (nSPS) is 17.1. The lowest BCUT2D eigenvalue weighted by atomic mass is 10.0. The van der Waals surface area contributed by atoms with E-state index in [1.165, 1.54) is 0 Å². The molecule has 1 aromatic carbocycles. The van der Waals surface area contributed by atoms with Crippen LogP contribution in [0.1, 0.15) is 49.2 Å². The lowest BCUT2D eigenvalue weighted by molar-refractivity contribution is -0.137. The first-order valence-electron chi connectivity index (χ1n) is 9.40. The van der Waals surface area contributed by atoms with Crippen LogP contribution in [0, 0.1) is 6.92 Å². The molecule has 0 saturated carbocycles. The molecular weight excluding hydrogens is 346 g/mol. The highest BCUT2D eigenvalue weighted by atomic mass is 16.5. The molecule has 1 amide bonds. The topological polar surface area (TPSA) is 81.5 Å². The van der Waals surface area contributed by atoms with E-state index in [-0.39, 0.29) is 24.1 Å². The third kappa shape index (κ3) is 3.86. The zero-order valence-corrected chi connectivity index (χ0v) is 16.0. The van der Waals surface area contributed by atoms with E-state index >= 15 is 0 Å². The molecule has 0 unspecified atom stereocenters. The second-order valence-electron chi connectivity index (χ2n) is 6.96. The number of aromatic nitrogens is 2. The summed E-state index contributed by atoms with van der Waals surface area (Å²) in [5, 5.41) is 0. The molecular formula is C20H25N3O4. The van der Waals surface area contributed by atoms with Gasteiger partial charge in [-0.15, -0.1) is 0 Å². The maximum absolute atomic E-state index is 12.4. The molecule has 27 heavy (non-hydrogen) atoms. The van der Waals surface area contributed by atoms with Crippen molar-refractivity contribution < 1.29 is 14.3 Å². The first-order chi connectivity index (χ1) is 12.9. The molecule has 1 aliphatic rings. The molecule has 0 aliphatic carbocycles. The van der Waals surface area contributed by atoms with E-state index in [0.29, 0.717) is 35.4 Å². The highest BCUT2D eigenvalue weighted by molar-refractivity contribution is 5.94. The minimum atomic E-state index is -0.566. The van der Waals surface area contributed by atoms with Gasteiger partial charge in [0, 0.05) is 19.1 Å². The molecule has 7 nitrogen and oxygen atoms in total. The Labute approximate surface area is 157 Å². The number of piperidine rings is 1. The molecule has 1 aliphatic heterocycles. The number of esters is 1. The van der Waals surface area contributed by atoms with E-state index < -0.39 is 5.97 Å². The summed E-state index contributed by atoms with van der Waals surface area (Å²) in [7, 11) is 0. The highest BCUT2D eigenvalue weighted by Crippen LogP contribution is 2.17. The Hall–Kier alpha value is -2.70. The van der Waals surface area contributed by atoms with Crippen LogP contribution in [-0.2, 0) is 16.1 Å². The van der Waals surface area contributed by atoms with Crippen molar-refractivity contribution in [2.75, 3.05) is 13.2 Å². The van der Waals surface area contributed by atoms with E-state index in [0.717, 1.165) is 19.3 Å². The predicted octanol–water partition coefficient (Wildman–Crippen LogP) is 2.28. The number of aryl methyl sites for hydroxylation is 2. The summed E-state index contributed by atoms with van der Waals surface area (Å²) >= 11 is 0. The fourth-order valence-corrected chi connectivity index (χ4v) is 3.58. The van der Waals surface area contributed by atoms with Crippen LogP contribution < -0.4 is 5.56 Å². The highest BCUT2D eigenvalue weighted by Gasteiger charge is 2.24. The quantitative estimate of drug-likeness (QED) is 0.770. The number of carbonyl (C=O) groups excluding carboxylic acids is 2. The van der Waals surface area contributed by atoms with Gasteiger partial charge in [0.25, 0.3) is 11.5 Å². The van der Waals surface area contributed by atoms with E-state index in [9.17, 15) is 14.4 Å². The molecule has 1 aromatic heterocycles. The second-order valence-corrected chi connectivity index (χ2v) is 6.96. The van der Waals surface area contributed by atoms with Gasteiger partial charge >= 0.3 is 5.97 Å². The first kappa shape index (κ1) is 19.1. The Morgan fingerprint density at radius 3 is 2.78 bits per heavy atom. The summed E-state index contributed by atoms with van der Waals surface area (Å²) in [5.41, 5.74) is 1.78. The van der Waals surface area contributed by atoms with Gasteiger partial charge in [-0.3, -0.25) is 9.59 Å². The third-order valence-corrected chi connectivity index (χ3v) is 5.11. The number of amides is 1. The fourth-order valence-electron chi connectivity index (χ4n) is 3.58. The molecule has 3 rings (SSSR count). The van der Waals surface area contributed by atoms with Crippen LogP contribution in [0.3, 0.4) is 0 Å². The third-order valence-electron chi connectivity index (χ3n) is 5.11. The summed E-state index contributed by atoms with van der Waals surface area (Å²) in [5.74, 6) is -0.728. The molecule has 0 radical (unpaired) electrons. The monoisotopic (exact) mass is 371 g/mol. The zero-order chi connectivity index (χ0) is 19.6. The number of hydrogen-bond acceptors (Lipinski definition) is 5. The summed E-state index contributed by atoms with van der Waals surface area (Å²) < 4.78 is 6.84. The van der Waals surface area contributed by atoms with Crippen molar-refractivity contribution in [3.8, 4) is 0 Å². The van der Waals surface area contributed by atoms with Gasteiger partial charge in [0.1, 0.15) is 5.69 Å². The Bertz CT molecular complexity index is 935. The molecule has 2 aromatic rings. The predicted molar refractivity (Wildman–Crippen MR) is 102 cm³/mol. The van der Waals surface area contributed by atoms with Gasteiger partial charge < -0.3 is 14.2 Å². The van der Waals surface area contributed by atoms with Crippen LogP contribution in [0.5, 0.6) is 0 Å². The van der Waals surface area contributed by atoms with Crippen LogP contribution in [0.4, 0.5) is 0 Å². The molecule has 1 atom stereocenters. The van der Waals surface area contributed by atoms with Crippen molar-refractivity contribution in [3.05, 3.63) is 39.8 Å². The minimum absolute atomic E-state index is 0.137. The van der Waals surface area contributed by atoms with E-state index in [1.807, 2.05) is 13.8 Å². The largest absolute Gasteiger partial charge is 0.452 e. The van der Waals surface area contributed by atoms with Crippen LogP contribution in [0.2, 0.25) is 0 Å². The van der Waals surface area contributed by atoms with Gasteiger partial charge in [0.05, 0.1) is 16.6 Å². The molecule has 1 saturated heterocycles. The average Bonchev–Trinajstić information content (AvgIpc) is 2.67. The van der Waals surface area contributed by atoms with Crippen molar-refractivity contribution in [1.82, 2.24) is 14.5 Å². The second kappa shape index (κ2) is 7.90. The molecule has 7 heteroatoms. The maximum Gasteiger partial charge on any atom is 0.338 e. The van der Waals surface area contributed by atoms with Crippen LogP contribution >= 0.6 is 0 Å². The van der Waals surface area contributed by atoms with Gasteiger partial charge in [-0.25, -0.2) is 9.78 Å². The first-order valence-corrected chi connectivity index (χ1v) is 9.40. The Kier molecular flexibility index (Phi) is 5.58. The number of rotatable bonds is 4. The number of ether oxygens (including phenoxy) is 1. The van der Waals surface area contributed by atoms with Crippen molar-refractivity contribution >= 4 is 22.9 Å². The fraction of sp³-hybridized carbons (Fsp3) is 0.500. The van der Waals surface area contributed by atoms with E-state index in [1.54, 1.807) is 34.6 Å². The van der Waals surface area contributed by atoms with E-state index in [2.05, 4.69) is 4.98 Å². The van der Waals surface area contributed by atoms with Crippen molar-refractivity contribution in [2.45, 2.75) is 52.6 Å². The molecule has 144 valence electrons. The van der Waals surface area contributed by atoms with Crippen molar-refractivity contribution in [2.24, 2.45) is 0 Å². The van der Waals surface area contributed by atoms with Gasteiger partial charge in [-0.2, -0.15) is 0 Å². The van der Waals surface area contributed by atoms with Crippen molar-refractivity contribution in [3.63, 3.8) is 0 Å². The van der Waals surface area contributed by atoms with Gasteiger partial charge in [0.15, 0.2) is 6.61 Å². The number of carbonyl (C=O) groups is 2. The Balaban J connectivity index is 1.75. The summed E-state index contributed by atoms with van der Waals surface area (Å²) in [6, 6.07) is 5.08. The Morgan fingerprint density at radius 2 is 2.07 bits per heavy atom. The lowest BCUT2D eigenvalue weighted by Gasteiger charge is -2.33. The van der Waals surface area contributed by atoms with Crippen LogP contribution in [0.25, 0.3) is 11.0 Å². The van der Waals surface area contributed by atoms with Gasteiger partial charge in [-0.05, 0) is 58.2 Å². The molecule has 1 fully saturated rings. The van der Waals surface area contributed by atoms with Crippen LogP contribution in [-0.4, -0.2) is 45.5 Å². The standard InChI is InChI=1S/C20H25N3O4/c1-4-22-17-9-8-15(11-16(17)21-14(3)19(22)25)20(26)27-12-18(24)23-10-6-5-7-13(23)2/h8-9,11,13H,4-7,10,12H2,1-3H3/t13-/m1/s1. The van der Waals surface area contributed by atoms with Crippen molar-refractivity contribution in [1.29, 1.82) is 0 Å². The molecule has 2 heterocycles. The average molecular weight is 371 g/mol. The van der Waals surface area contributed by atoms with E-state index in [4.69, 9.17) is 4.74 Å². The molecule has 0 N–H and O–H groups in total. The summed E-state index contributed by atoms with van der Waals surface area (Å²) in [6.07, 6.45) is 3.09. The SMILES string of the molecule is CCn1c(=O)c(C)nc2cc(C(=O)OCC(=O)N3CCCC[C@H]3C)ccc21. The maximum atomic E-state index is 12.4. The van der Waals surface area contributed by atoms with Gasteiger partial charge in [-0.1, -0.05) is 0 Å². The lowest BCUT2D eigenvalue weighted by Crippen LogP contribution is -2.44. The minimum Gasteiger partial charge on any atom is -0.452 e. The number of hydrogen-bond donors (Lipinski definition) is 0. The summed E-state index contributed by atoms with van der Waals surface area (Å²) in [6.45, 7) is 6.52. The molecule has 0 bridgehead atoms. The smallest absolute Gasteiger partial charge is 0.338 e. The number of likely N-dealkylation sites (tertiary alicyclic amines) is 1. The number of benzene rings is 1.